The Balaban J connectivity index is 0.942. The highest BCUT2D eigenvalue weighted by Crippen LogP contribution is 2.52. The van der Waals surface area contributed by atoms with Gasteiger partial charge in [0, 0.05) is 33.5 Å². The molecule has 0 radical (unpaired) electrons. The van der Waals surface area contributed by atoms with E-state index in [2.05, 4.69) is 31.6 Å². The molecule has 1 saturated carbocycles. The first-order valence-electron chi connectivity index (χ1n) is 17.9. The standard InChI is InChI=1S/C32H55N7O8/c1-3-43-15-13-34-32(42)47-22-26-24-8-10-28-29(11-9-25(24)26)39(38-37-28)14-17-45-19-21-46-20-18-44-16-12-33-30(40)7-5-4-6-27-23(2)35-31(41)36-27/h23-27H,3-22H2,1-2H3,(H,33,40)(H,34,42)(H2,35,36,41)/t23-,24-,25+,26-,27+/m0/s1/i1T. The van der Waals surface area contributed by atoms with Crippen LogP contribution in [0.5, 0.6) is 0 Å². The van der Waals surface area contributed by atoms with Gasteiger partial charge in [0.1, 0.15) is 0 Å². The van der Waals surface area contributed by atoms with Crippen molar-refractivity contribution < 1.29 is 39.4 Å². The van der Waals surface area contributed by atoms with E-state index in [1.54, 1.807) is 0 Å². The molecule has 266 valence electrons. The zero-order valence-corrected chi connectivity index (χ0v) is 27.8. The predicted octanol–water partition coefficient (Wildman–Crippen LogP) is 1.58. The minimum absolute atomic E-state index is 0.0142. The van der Waals surface area contributed by atoms with Crippen LogP contribution in [0.15, 0.2) is 0 Å². The van der Waals surface area contributed by atoms with Crippen LogP contribution in [0.3, 0.4) is 0 Å². The van der Waals surface area contributed by atoms with Crippen molar-refractivity contribution in [3.8, 4) is 0 Å². The molecule has 4 rings (SSSR count). The second kappa shape index (κ2) is 20.4. The van der Waals surface area contributed by atoms with Gasteiger partial charge < -0.3 is 45.0 Å². The molecular weight excluding hydrogens is 610 g/mol. The van der Waals surface area contributed by atoms with Gasteiger partial charge in [-0.05, 0) is 70.1 Å². The highest BCUT2D eigenvalue weighted by Gasteiger charge is 2.50. The maximum Gasteiger partial charge on any atom is 0.407 e. The second-order valence-electron chi connectivity index (χ2n) is 12.4. The molecule has 2 fully saturated rings. The van der Waals surface area contributed by atoms with Crippen LogP contribution in [0.4, 0.5) is 9.59 Å². The summed E-state index contributed by atoms with van der Waals surface area (Å²) in [5.41, 5.74) is 2.25. The van der Waals surface area contributed by atoms with E-state index in [-0.39, 0.29) is 30.9 Å². The van der Waals surface area contributed by atoms with Gasteiger partial charge in [-0.3, -0.25) is 4.79 Å². The molecule has 2 aliphatic carbocycles. The summed E-state index contributed by atoms with van der Waals surface area (Å²) in [4.78, 5) is 35.3. The molecule has 1 aromatic heterocycles. The Morgan fingerprint density at radius 3 is 2.43 bits per heavy atom. The second-order valence-corrected chi connectivity index (χ2v) is 12.4. The average molecular weight is 668 g/mol. The fourth-order valence-electron chi connectivity index (χ4n) is 6.46. The van der Waals surface area contributed by atoms with Crippen LogP contribution in [0.2, 0.25) is 0 Å². The molecule has 4 amide bonds. The van der Waals surface area contributed by atoms with Crippen molar-refractivity contribution in [3.63, 3.8) is 0 Å². The number of urea groups is 1. The van der Waals surface area contributed by atoms with Gasteiger partial charge in [0.05, 0.1) is 76.8 Å². The number of alkyl carbamates (subject to hydrolysis) is 1. The van der Waals surface area contributed by atoms with Gasteiger partial charge in [0.15, 0.2) is 0 Å². The molecule has 0 unspecified atom stereocenters. The first kappa shape index (κ1) is 35.3. The van der Waals surface area contributed by atoms with E-state index in [4.69, 9.17) is 25.1 Å². The zero-order chi connectivity index (χ0) is 34.0. The lowest BCUT2D eigenvalue weighted by molar-refractivity contribution is -0.121. The molecule has 1 saturated heterocycles. The first-order chi connectivity index (χ1) is 23.5. The van der Waals surface area contributed by atoms with Gasteiger partial charge in [-0.25, -0.2) is 14.3 Å². The number of aromatic nitrogens is 3. The molecule has 1 aliphatic heterocycles. The molecule has 5 atom stereocenters. The van der Waals surface area contributed by atoms with Crippen LogP contribution in [0, 0.1) is 17.8 Å². The van der Waals surface area contributed by atoms with Crippen LogP contribution in [-0.4, -0.2) is 118 Å². The summed E-state index contributed by atoms with van der Waals surface area (Å²) in [5.74, 6) is 1.54. The third-order valence-electron chi connectivity index (χ3n) is 9.13. The molecule has 47 heavy (non-hydrogen) atoms. The lowest BCUT2D eigenvalue weighted by atomic mass is 10.0. The number of rotatable bonds is 23. The molecular formula is C32H55N7O8. The van der Waals surface area contributed by atoms with Crippen LogP contribution in [0.25, 0.3) is 0 Å². The fourth-order valence-corrected chi connectivity index (χ4v) is 6.46. The zero-order valence-electron chi connectivity index (χ0n) is 28.8. The maximum atomic E-state index is 12.0. The first-order valence-corrected chi connectivity index (χ1v) is 17.2. The van der Waals surface area contributed by atoms with Gasteiger partial charge in [-0.2, -0.15) is 0 Å². The number of unbranched alkanes of at least 4 members (excludes halogenated alkanes) is 1. The largest absolute Gasteiger partial charge is 0.449 e. The number of carbonyl (C=O) groups is 3. The van der Waals surface area contributed by atoms with E-state index in [9.17, 15) is 14.4 Å². The molecule has 2 heterocycles. The smallest absolute Gasteiger partial charge is 0.407 e. The van der Waals surface area contributed by atoms with E-state index in [0.717, 1.165) is 50.6 Å². The molecule has 3 aliphatic rings. The third kappa shape index (κ3) is 12.8. The molecule has 4 N–H and O–H groups in total. The highest BCUT2D eigenvalue weighted by molar-refractivity contribution is 5.77. The van der Waals surface area contributed by atoms with E-state index in [1.807, 2.05) is 11.6 Å². The molecule has 0 bridgehead atoms. The Hall–Kier alpha value is -3.01. The molecule has 15 heteroatoms. The Morgan fingerprint density at radius 2 is 1.66 bits per heavy atom. The highest BCUT2D eigenvalue weighted by atomic mass is 16.6. The van der Waals surface area contributed by atoms with E-state index in [0.29, 0.717) is 103 Å². The number of hydrogen-bond acceptors (Lipinski definition) is 10. The van der Waals surface area contributed by atoms with Gasteiger partial charge in [0.2, 0.25) is 5.91 Å². The van der Waals surface area contributed by atoms with E-state index < -0.39 is 6.09 Å². The number of amides is 4. The van der Waals surface area contributed by atoms with Crippen molar-refractivity contribution in [3.05, 3.63) is 11.4 Å². The fraction of sp³-hybridized carbons (Fsp3) is 0.844. The van der Waals surface area contributed by atoms with Crippen molar-refractivity contribution >= 4 is 18.0 Å². The minimum Gasteiger partial charge on any atom is -0.449 e. The summed E-state index contributed by atoms with van der Waals surface area (Å²) in [7, 11) is 0. The van der Waals surface area contributed by atoms with Crippen LogP contribution >= 0.6 is 0 Å². The number of aryl methyl sites for hydroxylation is 1. The number of nitrogens with one attached hydrogen (secondary N) is 4. The SMILES string of the molecule is [3H]CCOCCNC(=O)OC[C@@H]1[C@@H]2CCc3c(nnn3CCOCCOCCOCCNC(=O)CCCC[C@H]3NC(=O)N[C@H]3C)CC[C@@H]21. The topological polar surface area (TPSA) is 176 Å². The summed E-state index contributed by atoms with van der Waals surface area (Å²) in [5, 5.41) is 20.1. The quantitative estimate of drug-likeness (QED) is 0.125. The van der Waals surface area contributed by atoms with Crippen LogP contribution < -0.4 is 21.3 Å². The average Bonchev–Trinajstić information content (AvgIpc) is 3.39. The van der Waals surface area contributed by atoms with Gasteiger partial charge in [0.25, 0.3) is 0 Å². The number of nitrogens with zero attached hydrogens (tertiary/aromatic N) is 3. The van der Waals surface area contributed by atoms with Crippen molar-refractivity contribution in [2.24, 2.45) is 17.8 Å². The van der Waals surface area contributed by atoms with Crippen molar-refractivity contribution in [2.45, 2.75) is 83.8 Å². The lowest BCUT2D eigenvalue weighted by Crippen LogP contribution is -2.31. The normalized spacial score (nSPS) is 23.4. The van der Waals surface area contributed by atoms with Crippen LogP contribution in [-0.2, 0) is 47.9 Å². The summed E-state index contributed by atoms with van der Waals surface area (Å²) in [6.07, 6.45) is 6.46. The predicted molar refractivity (Wildman–Crippen MR) is 172 cm³/mol. The molecule has 1 aromatic rings. The minimum atomic E-state index is -0.412. The Bertz CT molecular complexity index is 1130. The molecule has 0 spiro atoms. The lowest BCUT2D eigenvalue weighted by Gasteiger charge is -2.13. The number of hydrogen-bond donors (Lipinski definition) is 4. The van der Waals surface area contributed by atoms with E-state index in [1.165, 1.54) is 5.69 Å². The summed E-state index contributed by atoms with van der Waals surface area (Å²) in [6.45, 7) is 7.69. The Morgan fingerprint density at radius 1 is 0.936 bits per heavy atom. The number of carbonyl (C=O) groups excluding carboxylic acids is 3. The monoisotopic (exact) mass is 667 g/mol. The van der Waals surface area contributed by atoms with Crippen molar-refractivity contribution in [1.29, 1.82) is 0 Å². The summed E-state index contributed by atoms with van der Waals surface area (Å²) in [6, 6.07) is 0.146. The Kier molecular flexibility index (Phi) is 15.3. The van der Waals surface area contributed by atoms with Gasteiger partial charge >= 0.3 is 12.1 Å². The van der Waals surface area contributed by atoms with Gasteiger partial charge in [-0.15, -0.1) is 5.10 Å². The summed E-state index contributed by atoms with van der Waals surface area (Å²) >= 11 is 0. The number of ether oxygens (including phenoxy) is 5. The summed E-state index contributed by atoms with van der Waals surface area (Å²) < 4.78 is 36.5. The van der Waals surface area contributed by atoms with Crippen molar-refractivity contribution in [1.82, 2.24) is 36.3 Å². The molecule has 0 aromatic carbocycles. The third-order valence-corrected chi connectivity index (χ3v) is 9.13. The maximum absolute atomic E-state index is 12.0. The van der Waals surface area contributed by atoms with Crippen molar-refractivity contribution in [2.75, 3.05) is 72.6 Å². The van der Waals surface area contributed by atoms with E-state index >= 15 is 0 Å². The number of fused-ring (bicyclic) bond motifs is 2. The van der Waals surface area contributed by atoms with Gasteiger partial charge in [-0.1, -0.05) is 11.6 Å². The molecule has 15 nitrogen and oxygen atoms in total. The van der Waals surface area contributed by atoms with Crippen LogP contribution in [0.1, 0.15) is 65.1 Å². The Labute approximate surface area is 279 Å².